The van der Waals surface area contributed by atoms with Crippen molar-refractivity contribution >= 4 is 33.1 Å². The van der Waals surface area contributed by atoms with Gasteiger partial charge in [-0.05, 0) is 17.7 Å². The number of non-ortho nitro benzene ring substituents is 1. The number of thiophene rings is 1. The van der Waals surface area contributed by atoms with Crippen LogP contribution in [0.1, 0.15) is 15.2 Å². The molecule has 6 heteroatoms. The number of nitrogens with zero attached hydrogens (tertiary/aromatic N) is 1. The van der Waals surface area contributed by atoms with Gasteiger partial charge in [0.15, 0.2) is 0 Å². The van der Waals surface area contributed by atoms with Crippen LogP contribution in [0, 0.1) is 10.1 Å². The standard InChI is InChI=1S/C16H11NO4S/c18-16(21-10-11-4-2-1-3-5-11)15-9-12-8-13(17(19)20)6-7-14(12)22-15/h1-9H,10H2. The van der Waals surface area contributed by atoms with E-state index in [0.29, 0.717) is 10.3 Å². The molecule has 0 atom stereocenters. The lowest BCUT2D eigenvalue weighted by atomic mass is 10.2. The molecule has 5 nitrogen and oxygen atoms in total. The number of hydrogen-bond acceptors (Lipinski definition) is 5. The molecule has 22 heavy (non-hydrogen) atoms. The van der Waals surface area contributed by atoms with Crippen molar-refractivity contribution in [1.82, 2.24) is 0 Å². The lowest BCUT2D eigenvalue weighted by Gasteiger charge is -2.02. The number of esters is 1. The van der Waals surface area contributed by atoms with E-state index < -0.39 is 10.9 Å². The van der Waals surface area contributed by atoms with Crippen LogP contribution in [0.2, 0.25) is 0 Å². The molecule has 2 aromatic carbocycles. The molecule has 1 aromatic heterocycles. The summed E-state index contributed by atoms with van der Waals surface area (Å²) in [5, 5.41) is 11.4. The van der Waals surface area contributed by atoms with E-state index in [1.807, 2.05) is 30.3 Å². The lowest BCUT2D eigenvalue weighted by Crippen LogP contribution is -2.02. The Hall–Kier alpha value is -2.73. The van der Waals surface area contributed by atoms with E-state index >= 15 is 0 Å². The molecular weight excluding hydrogens is 302 g/mol. The predicted molar refractivity (Wildman–Crippen MR) is 84.0 cm³/mol. The average Bonchev–Trinajstić information content (AvgIpc) is 2.96. The van der Waals surface area contributed by atoms with Crippen molar-refractivity contribution in [3.05, 3.63) is 75.2 Å². The Bertz CT molecular complexity index is 842. The van der Waals surface area contributed by atoms with Gasteiger partial charge in [-0.3, -0.25) is 10.1 Å². The Morgan fingerprint density at radius 2 is 1.91 bits per heavy atom. The Kier molecular flexibility index (Phi) is 3.84. The van der Waals surface area contributed by atoms with Crippen molar-refractivity contribution in [3.63, 3.8) is 0 Å². The molecule has 3 aromatic rings. The summed E-state index contributed by atoms with van der Waals surface area (Å²) >= 11 is 1.26. The highest BCUT2D eigenvalue weighted by atomic mass is 32.1. The van der Waals surface area contributed by atoms with Crippen LogP contribution >= 0.6 is 11.3 Å². The minimum absolute atomic E-state index is 0.00880. The maximum atomic E-state index is 12.1. The molecule has 0 saturated heterocycles. The molecule has 0 spiro atoms. The van der Waals surface area contributed by atoms with Gasteiger partial charge in [0.1, 0.15) is 11.5 Å². The highest BCUT2D eigenvalue weighted by Gasteiger charge is 2.14. The number of hydrogen-bond donors (Lipinski definition) is 0. The lowest BCUT2D eigenvalue weighted by molar-refractivity contribution is -0.384. The number of carbonyl (C=O) groups is 1. The number of benzene rings is 2. The van der Waals surface area contributed by atoms with Gasteiger partial charge < -0.3 is 4.74 Å². The Morgan fingerprint density at radius 1 is 1.14 bits per heavy atom. The van der Waals surface area contributed by atoms with E-state index in [0.717, 1.165) is 10.3 Å². The summed E-state index contributed by atoms with van der Waals surface area (Å²) < 4.78 is 6.08. The molecule has 0 N–H and O–H groups in total. The fourth-order valence-electron chi connectivity index (χ4n) is 2.04. The third-order valence-electron chi connectivity index (χ3n) is 3.12. The summed E-state index contributed by atoms with van der Waals surface area (Å²) in [6, 6.07) is 15.6. The third-order valence-corrected chi connectivity index (χ3v) is 4.22. The molecule has 0 bridgehead atoms. The van der Waals surface area contributed by atoms with Gasteiger partial charge in [0.05, 0.1) is 4.92 Å². The molecule has 0 saturated carbocycles. The summed E-state index contributed by atoms with van der Waals surface area (Å²) in [7, 11) is 0. The van der Waals surface area contributed by atoms with Gasteiger partial charge in [-0.1, -0.05) is 30.3 Å². The molecule has 0 aliphatic heterocycles. The van der Waals surface area contributed by atoms with Crippen LogP contribution in [0.3, 0.4) is 0 Å². The van der Waals surface area contributed by atoms with Gasteiger partial charge in [0.25, 0.3) is 5.69 Å². The average molecular weight is 313 g/mol. The minimum atomic E-state index is -0.454. The van der Waals surface area contributed by atoms with E-state index in [1.165, 1.54) is 23.5 Å². The van der Waals surface area contributed by atoms with Gasteiger partial charge in [0.2, 0.25) is 0 Å². The largest absolute Gasteiger partial charge is 0.457 e. The Morgan fingerprint density at radius 3 is 2.64 bits per heavy atom. The van der Waals surface area contributed by atoms with Crippen LogP contribution in [-0.2, 0) is 11.3 Å². The van der Waals surface area contributed by atoms with E-state index in [1.54, 1.807) is 12.1 Å². The monoisotopic (exact) mass is 313 g/mol. The van der Waals surface area contributed by atoms with Crippen LogP contribution < -0.4 is 0 Å². The Labute approximate surface area is 129 Å². The van der Waals surface area contributed by atoms with Crippen molar-refractivity contribution in [3.8, 4) is 0 Å². The van der Waals surface area contributed by atoms with Gasteiger partial charge in [-0.25, -0.2) is 4.79 Å². The van der Waals surface area contributed by atoms with Crippen molar-refractivity contribution in [1.29, 1.82) is 0 Å². The molecule has 3 rings (SSSR count). The first-order valence-electron chi connectivity index (χ1n) is 6.52. The summed E-state index contributed by atoms with van der Waals surface area (Å²) in [5.74, 6) is -0.423. The maximum absolute atomic E-state index is 12.1. The number of nitro benzene ring substituents is 1. The molecule has 0 radical (unpaired) electrons. The van der Waals surface area contributed by atoms with Gasteiger partial charge in [-0.2, -0.15) is 0 Å². The summed E-state index contributed by atoms with van der Waals surface area (Å²) in [5.41, 5.74) is 0.919. The van der Waals surface area contributed by atoms with Crippen molar-refractivity contribution in [2.75, 3.05) is 0 Å². The van der Waals surface area contributed by atoms with E-state index in [4.69, 9.17) is 4.74 Å². The zero-order valence-corrected chi connectivity index (χ0v) is 12.2. The van der Waals surface area contributed by atoms with Crippen LogP contribution in [0.5, 0.6) is 0 Å². The summed E-state index contributed by atoms with van der Waals surface area (Å²) in [6.45, 7) is 0.202. The van der Waals surface area contributed by atoms with Crippen LogP contribution in [0.25, 0.3) is 10.1 Å². The molecular formula is C16H11NO4S. The van der Waals surface area contributed by atoms with Crippen molar-refractivity contribution in [2.24, 2.45) is 0 Å². The summed E-state index contributed by atoms with van der Waals surface area (Å²) in [4.78, 5) is 22.8. The normalized spacial score (nSPS) is 10.5. The number of carbonyl (C=O) groups excluding carboxylic acids is 1. The second kappa shape index (κ2) is 5.95. The number of fused-ring (bicyclic) bond motifs is 1. The van der Waals surface area contributed by atoms with Crippen LogP contribution in [0.4, 0.5) is 5.69 Å². The van der Waals surface area contributed by atoms with Crippen LogP contribution in [-0.4, -0.2) is 10.9 Å². The third kappa shape index (κ3) is 2.96. The smallest absolute Gasteiger partial charge is 0.348 e. The first kappa shape index (κ1) is 14.2. The molecule has 0 aliphatic carbocycles. The first-order chi connectivity index (χ1) is 10.6. The second-order valence-electron chi connectivity index (χ2n) is 4.65. The molecule has 0 unspecified atom stereocenters. The Balaban J connectivity index is 1.78. The maximum Gasteiger partial charge on any atom is 0.348 e. The SMILES string of the molecule is O=C(OCc1ccccc1)c1cc2cc([N+](=O)[O-])ccc2s1. The summed E-state index contributed by atoms with van der Waals surface area (Å²) in [6.07, 6.45) is 0. The molecule has 0 fully saturated rings. The fourth-order valence-corrected chi connectivity index (χ4v) is 2.98. The second-order valence-corrected chi connectivity index (χ2v) is 5.74. The zero-order valence-electron chi connectivity index (χ0n) is 11.4. The molecule has 0 amide bonds. The van der Waals surface area contributed by atoms with Gasteiger partial charge in [0, 0.05) is 22.2 Å². The number of rotatable bonds is 4. The van der Waals surface area contributed by atoms with Crippen molar-refractivity contribution < 1.29 is 14.5 Å². The fraction of sp³-hybridized carbons (Fsp3) is 0.0625. The van der Waals surface area contributed by atoms with Crippen molar-refractivity contribution in [2.45, 2.75) is 6.61 Å². The highest BCUT2D eigenvalue weighted by molar-refractivity contribution is 7.20. The topological polar surface area (TPSA) is 69.4 Å². The minimum Gasteiger partial charge on any atom is -0.457 e. The molecule has 110 valence electrons. The van der Waals surface area contributed by atoms with E-state index in [9.17, 15) is 14.9 Å². The van der Waals surface area contributed by atoms with Gasteiger partial charge >= 0.3 is 5.97 Å². The zero-order chi connectivity index (χ0) is 15.5. The first-order valence-corrected chi connectivity index (χ1v) is 7.34. The number of ether oxygens (including phenoxy) is 1. The predicted octanol–water partition coefficient (Wildman–Crippen LogP) is 4.17. The van der Waals surface area contributed by atoms with Gasteiger partial charge in [-0.15, -0.1) is 11.3 Å². The highest BCUT2D eigenvalue weighted by Crippen LogP contribution is 2.29. The number of nitro groups is 1. The molecule has 1 heterocycles. The van der Waals surface area contributed by atoms with Crippen LogP contribution in [0.15, 0.2) is 54.6 Å². The molecule has 0 aliphatic rings. The van der Waals surface area contributed by atoms with E-state index in [2.05, 4.69) is 0 Å². The van der Waals surface area contributed by atoms with E-state index in [-0.39, 0.29) is 12.3 Å². The quantitative estimate of drug-likeness (QED) is 0.412.